The minimum absolute atomic E-state index is 0.436. The van der Waals surface area contributed by atoms with Crippen molar-refractivity contribution in [3.8, 4) is 23.1 Å². The van der Waals surface area contributed by atoms with Crippen molar-refractivity contribution in [2.45, 2.75) is 13.5 Å². The first kappa shape index (κ1) is 14.2. The van der Waals surface area contributed by atoms with Crippen LogP contribution in [-0.2, 0) is 6.54 Å². The smallest absolute Gasteiger partial charge is 0.236 e. The fourth-order valence-electron chi connectivity index (χ4n) is 1.53. The summed E-state index contributed by atoms with van der Waals surface area (Å²) in [6.45, 7) is 3.65. The van der Waals surface area contributed by atoms with Crippen molar-refractivity contribution in [3.05, 3.63) is 29.5 Å². The van der Waals surface area contributed by atoms with E-state index in [4.69, 9.17) is 10.8 Å². The molecule has 0 fully saturated rings. The summed E-state index contributed by atoms with van der Waals surface area (Å²) in [6, 6.07) is 3.94. The first-order chi connectivity index (χ1) is 9.83. The third kappa shape index (κ3) is 3.87. The predicted molar refractivity (Wildman–Crippen MR) is 81.5 cm³/mol. The van der Waals surface area contributed by atoms with Crippen molar-refractivity contribution >= 4 is 17.3 Å². The quantitative estimate of drug-likeness (QED) is 0.502. The molecule has 0 spiro atoms. The van der Waals surface area contributed by atoms with Crippen molar-refractivity contribution in [2.75, 3.05) is 13.1 Å². The van der Waals surface area contributed by atoms with Gasteiger partial charge in [0.25, 0.3) is 0 Å². The third-order valence-corrected chi connectivity index (χ3v) is 3.24. The highest BCUT2D eigenvalue weighted by molar-refractivity contribution is 7.13. The Morgan fingerprint density at radius 1 is 1.55 bits per heavy atom. The van der Waals surface area contributed by atoms with Crippen LogP contribution in [0.1, 0.15) is 12.6 Å². The molecule has 0 aromatic carbocycles. The largest absolute Gasteiger partial charge is 0.443 e. The van der Waals surface area contributed by atoms with Crippen LogP contribution in [0, 0.1) is 12.3 Å². The van der Waals surface area contributed by atoms with Gasteiger partial charge in [0.2, 0.25) is 5.89 Å². The van der Waals surface area contributed by atoms with Crippen LogP contribution in [0.3, 0.4) is 0 Å². The first-order valence-corrected chi connectivity index (χ1v) is 7.15. The van der Waals surface area contributed by atoms with E-state index in [0.717, 1.165) is 17.1 Å². The van der Waals surface area contributed by atoms with Gasteiger partial charge >= 0.3 is 0 Å². The van der Waals surface area contributed by atoms with Crippen molar-refractivity contribution in [1.82, 2.24) is 15.6 Å². The number of aromatic nitrogens is 1. The van der Waals surface area contributed by atoms with Gasteiger partial charge in [0.15, 0.2) is 5.96 Å². The van der Waals surface area contributed by atoms with Crippen LogP contribution in [0.2, 0.25) is 0 Å². The van der Waals surface area contributed by atoms with Crippen LogP contribution in [0.25, 0.3) is 10.8 Å². The molecule has 6 heteroatoms. The standard InChI is InChI=1S/C14H16N4OS/c1-3-7-16-14(15-4-2)17-9-11-10-19-13(18-11)12-6-5-8-20-12/h1,5-6,8,10H,4,7,9H2,2H3,(H2,15,16,17). The molecule has 20 heavy (non-hydrogen) atoms. The Morgan fingerprint density at radius 3 is 3.15 bits per heavy atom. The molecule has 0 aliphatic heterocycles. The van der Waals surface area contributed by atoms with Gasteiger partial charge in [-0.1, -0.05) is 12.0 Å². The molecule has 2 heterocycles. The van der Waals surface area contributed by atoms with Gasteiger partial charge in [-0.15, -0.1) is 17.8 Å². The number of nitrogens with one attached hydrogen (secondary N) is 2. The van der Waals surface area contributed by atoms with Gasteiger partial charge in [0.05, 0.1) is 18.0 Å². The Morgan fingerprint density at radius 2 is 2.45 bits per heavy atom. The molecule has 0 bridgehead atoms. The SMILES string of the molecule is C#CCNC(=NCc1coc(-c2cccs2)n1)NCC. The average Bonchev–Trinajstić information content (AvgIpc) is 3.12. The number of guanidine groups is 1. The molecule has 0 aliphatic rings. The zero-order chi connectivity index (χ0) is 14.2. The van der Waals surface area contributed by atoms with Gasteiger partial charge < -0.3 is 15.1 Å². The average molecular weight is 288 g/mol. The molecule has 0 unspecified atom stereocenters. The summed E-state index contributed by atoms with van der Waals surface area (Å²) in [6.07, 6.45) is 6.84. The third-order valence-electron chi connectivity index (χ3n) is 2.38. The number of aliphatic imine (C=N–C) groups is 1. The summed E-state index contributed by atoms with van der Waals surface area (Å²) >= 11 is 1.59. The van der Waals surface area contributed by atoms with Gasteiger partial charge in [0.1, 0.15) is 12.0 Å². The fourth-order valence-corrected chi connectivity index (χ4v) is 2.19. The second-order valence-electron chi connectivity index (χ2n) is 3.87. The highest BCUT2D eigenvalue weighted by atomic mass is 32.1. The molecule has 0 aliphatic carbocycles. The van der Waals surface area contributed by atoms with E-state index in [2.05, 4.69) is 26.5 Å². The summed E-state index contributed by atoms with van der Waals surface area (Å²) in [4.78, 5) is 9.81. The highest BCUT2D eigenvalue weighted by Crippen LogP contribution is 2.23. The van der Waals surface area contributed by atoms with E-state index in [9.17, 15) is 0 Å². The van der Waals surface area contributed by atoms with Gasteiger partial charge in [-0.3, -0.25) is 0 Å². The van der Waals surface area contributed by atoms with E-state index in [1.165, 1.54) is 0 Å². The van der Waals surface area contributed by atoms with Gasteiger partial charge in [-0.05, 0) is 18.4 Å². The fraction of sp³-hybridized carbons (Fsp3) is 0.286. The summed E-state index contributed by atoms with van der Waals surface area (Å²) < 4.78 is 5.44. The number of nitrogens with zero attached hydrogens (tertiary/aromatic N) is 2. The lowest BCUT2D eigenvalue weighted by atomic mass is 10.4. The van der Waals surface area contributed by atoms with Crippen LogP contribution in [0.5, 0.6) is 0 Å². The van der Waals surface area contributed by atoms with E-state index >= 15 is 0 Å². The maximum atomic E-state index is 5.44. The molecular formula is C14H16N4OS. The van der Waals surface area contributed by atoms with Crippen LogP contribution >= 0.6 is 11.3 Å². The Bertz CT molecular complexity index is 595. The molecule has 5 nitrogen and oxygen atoms in total. The number of rotatable bonds is 5. The van der Waals surface area contributed by atoms with Crippen molar-refractivity contribution in [1.29, 1.82) is 0 Å². The maximum absolute atomic E-state index is 5.44. The van der Waals surface area contributed by atoms with Crippen LogP contribution in [0.4, 0.5) is 0 Å². The number of thiophene rings is 1. The van der Waals surface area contributed by atoms with Crippen LogP contribution < -0.4 is 10.6 Å². The van der Waals surface area contributed by atoms with Crippen LogP contribution in [-0.4, -0.2) is 24.0 Å². The maximum Gasteiger partial charge on any atom is 0.236 e. The molecule has 2 rings (SSSR count). The minimum atomic E-state index is 0.436. The Labute approximate surface area is 122 Å². The summed E-state index contributed by atoms with van der Waals surface area (Å²) in [5, 5.41) is 8.12. The second kappa shape index (κ2) is 7.36. The summed E-state index contributed by atoms with van der Waals surface area (Å²) in [5.41, 5.74) is 0.784. The van der Waals surface area contributed by atoms with E-state index in [0.29, 0.717) is 24.9 Å². The van der Waals surface area contributed by atoms with Crippen LogP contribution in [0.15, 0.2) is 33.2 Å². The Kier molecular flexibility index (Phi) is 5.21. The highest BCUT2D eigenvalue weighted by Gasteiger charge is 2.07. The summed E-state index contributed by atoms with van der Waals surface area (Å²) in [5.74, 6) is 3.82. The Hall–Kier alpha value is -2.26. The topological polar surface area (TPSA) is 62.5 Å². The van der Waals surface area contributed by atoms with E-state index < -0.39 is 0 Å². The first-order valence-electron chi connectivity index (χ1n) is 6.27. The predicted octanol–water partition coefficient (Wildman–Crippen LogP) is 2.09. The summed E-state index contributed by atoms with van der Waals surface area (Å²) in [7, 11) is 0. The Balaban J connectivity index is 2.00. The van der Waals surface area contributed by atoms with E-state index in [1.807, 2.05) is 24.4 Å². The van der Waals surface area contributed by atoms with Gasteiger partial charge in [-0.25, -0.2) is 9.98 Å². The molecule has 0 atom stereocenters. The normalized spacial score (nSPS) is 11.1. The lowest BCUT2D eigenvalue weighted by molar-refractivity contribution is 0.574. The lowest BCUT2D eigenvalue weighted by Gasteiger charge is -2.07. The molecule has 0 saturated heterocycles. The molecule has 2 aromatic heterocycles. The van der Waals surface area contributed by atoms with E-state index in [-0.39, 0.29) is 0 Å². The molecule has 2 aromatic rings. The zero-order valence-corrected chi connectivity index (χ0v) is 12.0. The van der Waals surface area contributed by atoms with Gasteiger partial charge in [-0.2, -0.15) is 0 Å². The molecule has 0 radical (unpaired) electrons. The minimum Gasteiger partial charge on any atom is -0.443 e. The monoisotopic (exact) mass is 288 g/mol. The molecule has 104 valence electrons. The lowest BCUT2D eigenvalue weighted by Crippen LogP contribution is -2.37. The number of terminal acetylenes is 1. The van der Waals surface area contributed by atoms with E-state index in [1.54, 1.807) is 17.6 Å². The number of hydrogen-bond donors (Lipinski definition) is 2. The number of hydrogen-bond acceptors (Lipinski definition) is 4. The van der Waals surface area contributed by atoms with Crippen molar-refractivity contribution < 1.29 is 4.42 Å². The van der Waals surface area contributed by atoms with Crippen molar-refractivity contribution in [3.63, 3.8) is 0 Å². The van der Waals surface area contributed by atoms with Crippen molar-refractivity contribution in [2.24, 2.45) is 4.99 Å². The molecule has 0 saturated carbocycles. The molecule has 0 amide bonds. The van der Waals surface area contributed by atoms with Gasteiger partial charge in [0, 0.05) is 6.54 Å². The zero-order valence-electron chi connectivity index (χ0n) is 11.2. The molecular weight excluding hydrogens is 272 g/mol. The molecule has 2 N–H and O–H groups in total. The second-order valence-corrected chi connectivity index (χ2v) is 4.82. The number of oxazole rings is 1.